The molecular formula is C19H19ClF2N2O. The van der Waals surface area contributed by atoms with Crippen LogP contribution in [0.5, 0.6) is 0 Å². The van der Waals surface area contributed by atoms with Crippen LogP contribution >= 0.6 is 11.6 Å². The number of benzene rings is 2. The number of hydrogen-bond donors (Lipinski definition) is 1. The highest BCUT2D eigenvalue weighted by atomic mass is 35.5. The van der Waals surface area contributed by atoms with Gasteiger partial charge in [-0.25, -0.2) is 8.78 Å². The zero-order valence-electron chi connectivity index (χ0n) is 13.6. The van der Waals surface area contributed by atoms with Crippen molar-refractivity contribution in [3.63, 3.8) is 0 Å². The van der Waals surface area contributed by atoms with Crippen LogP contribution in [0, 0.1) is 11.6 Å². The maximum atomic E-state index is 13.7. The van der Waals surface area contributed by atoms with Gasteiger partial charge in [-0.2, -0.15) is 0 Å². The molecule has 1 heterocycles. The second kappa shape index (κ2) is 7.93. The average Bonchev–Trinajstić information content (AvgIpc) is 2.58. The molecule has 1 amide bonds. The molecule has 0 saturated carbocycles. The number of amides is 1. The number of carbonyl (C=O) groups is 1. The summed E-state index contributed by atoms with van der Waals surface area (Å²) < 4.78 is 27.3. The summed E-state index contributed by atoms with van der Waals surface area (Å²) in [6, 6.07) is 11.1. The largest absolute Gasteiger partial charge is 0.349 e. The molecule has 1 aliphatic rings. The Labute approximate surface area is 150 Å². The van der Waals surface area contributed by atoms with E-state index in [-0.39, 0.29) is 6.04 Å². The smallest absolute Gasteiger partial charge is 0.257 e. The van der Waals surface area contributed by atoms with Gasteiger partial charge in [0.05, 0.1) is 0 Å². The van der Waals surface area contributed by atoms with E-state index in [9.17, 15) is 13.6 Å². The zero-order chi connectivity index (χ0) is 17.8. The summed E-state index contributed by atoms with van der Waals surface area (Å²) in [6.07, 6.45) is 1.49. The number of nitrogens with one attached hydrogen (secondary N) is 1. The molecule has 3 rings (SSSR count). The number of hydrogen-bond acceptors (Lipinski definition) is 2. The standard InChI is InChI=1S/C19H19ClF2N2O/c20-14-6-4-13(5-7-14)12-24-10-8-15(9-11-24)23-19(25)18-16(21)2-1-3-17(18)22/h1-7,15H,8-12H2,(H,23,25). The Hall–Kier alpha value is -1.98. The van der Waals surface area contributed by atoms with Crippen LogP contribution in [-0.4, -0.2) is 29.9 Å². The molecule has 0 radical (unpaired) electrons. The molecule has 0 spiro atoms. The number of piperidine rings is 1. The van der Waals surface area contributed by atoms with Gasteiger partial charge in [0.15, 0.2) is 0 Å². The molecule has 25 heavy (non-hydrogen) atoms. The first-order chi connectivity index (χ1) is 12.0. The lowest BCUT2D eigenvalue weighted by Gasteiger charge is -2.32. The summed E-state index contributed by atoms with van der Waals surface area (Å²) >= 11 is 5.89. The Balaban J connectivity index is 1.52. The predicted molar refractivity (Wildman–Crippen MR) is 93.6 cm³/mol. The number of carbonyl (C=O) groups excluding carboxylic acids is 1. The minimum absolute atomic E-state index is 0.0760. The minimum atomic E-state index is -0.835. The third-order valence-electron chi connectivity index (χ3n) is 4.43. The Morgan fingerprint density at radius 2 is 1.68 bits per heavy atom. The molecule has 0 atom stereocenters. The van der Waals surface area contributed by atoms with Crippen LogP contribution in [0.25, 0.3) is 0 Å². The van der Waals surface area contributed by atoms with Gasteiger partial charge in [0.25, 0.3) is 5.91 Å². The Morgan fingerprint density at radius 3 is 2.28 bits per heavy atom. The monoisotopic (exact) mass is 364 g/mol. The molecule has 132 valence electrons. The quantitative estimate of drug-likeness (QED) is 0.889. The van der Waals surface area contributed by atoms with Gasteiger partial charge in [-0.3, -0.25) is 9.69 Å². The van der Waals surface area contributed by atoms with E-state index in [1.54, 1.807) is 0 Å². The first kappa shape index (κ1) is 17.8. The van der Waals surface area contributed by atoms with Crippen LogP contribution in [0.1, 0.15) is 28.8 Å². The highest BCUT2D eigenvalue weighted by Crippen LogP contribution is 2.17. The summed E-state index contributed by atoms with van der Waals surface area (Å²) in [5.74, 6) is -2.36. The van der Waals surface area contributed by atoms with Crippen molar-refractivity contribution in [2.75, 3.05) is 13.1 Å². The molecule has 1 N–H and O–H groups in total. The second-order valence-electron chi connectivity index (χ2n) is 6.25. The summed E-state index contributed by atoms with van der Waals surface area (Å²) in [5, 5.41) is 3.46. The van der Waals surface area contributed by atoms with Gasteiger partial charge in [0.2, 0.25) is 0 Å². The van der Waals surface area contributed by atoms with Crippen molar-refractivity contribution in [1.82, 2.24) is 10.2 Å². The highest BCUT2D eigenvalue weighted by Gasteiger charge is 2.24. The van der Waals surface area contributed by atoms with E-state index in [1.165, 1.54) is 11.6 Å². The molecule has 3 nitrogen and oxygen atoms in total. The van der Waals surface area contributed by atoms with Gasteiger partial charge in [0, 0.05) is 30.7 Å². The maximum Gasteiger partial charge on any atom is 0.257 e. The molecule has 0 aliphatic carbocycles. The lowest BCUT2D eigenvalue weighted by molar-refractivity contribution is 0.0900. The van der Waals surface area contributed by atoms with Crippen molar-refractivity contribution in [2.24, 2.45) is 0 Å². The number of likely N-dealkylation sites (tertiary alicyclic amines) is 1. The molecule has 1 fully saturated rings. The predicted octanol–water partition coefficient (Wildman–Crippen LogP) is 4.01. The van der Waals surface area contributed by atoms with Crippen molar-refractivity contribution in [3.05, 3.63) is 70.2 Å². The van der Waals surface area contributed by atoms with E-state index in [0.717, 1.165) is 44.6 Å². The van der Waals surface area contributed by atoms with E-state index in [4.69, 9.17) is 11.6 Å². The van der Waals surface area contributed by atoms with Crippen LogP contribution in [-0.2, 0) is 6.54 Å². The molecule has 1 aliphatic heterocycles. The van der Waals surface area contributed by atoms with E-state index in [0.29, 0.717) is 5.02 Å². The topological polar surface area (TPSA) is 32.3 Å². The maximum absolute atomic E-state index is 13.7. The van der Waals surface area contributed by atoms with E-state index < -0.39 is 23.1 Å². The first-order valence-electron chi connectivity index (χ1n) is 8.24. The molecule has 0 bridgehead atoms. The molecular weight excluding hydrogens is 346 g/mol. The number of nitrogens with zero attached hydrogens (tertiary/aromatic N) is 1. The summed E-state index contributed by atoms with van der Waals surface area (Å²) in [6.45, 7) is 2.44. The fraction of sp³-hybridized carbons (Fsp3) is 0.316. The van der Waals surface area contributed by atoms with Crippen molar-refractivity contribution in [2.45, 2.75) is 25.4 Å². The molecule has 1 saturated heterocycles. The van der Waals surface area contributed by atoms with Gasteiger partial charge >= 0.3 is 0 Å². The van der Waals surface area contributed by atoms with Crippen LogP contribution in [0.2, 0.25) is 5.02 Å². The van der Waals surface area contributed by atoms with E-state index >= 15 is 0 Å². The van der Waals surface area contributed by atoms with Crippen LogP contribution < -0.4 is 5.32 Å². The van der Waals surface area contributed by atoms with Crippen molar-refractivity contribution >= 4 is 17.5 Å². The fourth-order valence-electron chi connectivity index (χ4n) is 3.06. The lowest BCUT2D eigenvalue weighted by Crippen LogP contribution is -2.44. The van der Waals surface area contributed by atoms with Crippen LogP contribution in [0.15, 0.2) is 42.5 Å². The molecule has 0 aromatic heterocycles. The summed E-state index contributed by atoms with van der Waals surface area (Å²) in [4.78, 5) is 14.4. The average molecular weight is 365 g/mol. The third-order valence-corrected chi connectivity index (χ3v) is 4.68. The Morgan fingerprint density at radius 1 is 1.08 bits per heavy atom. The third kappa shape index (κ3) is 4.55. The van der Waals surface area contributed by atoms with Gasteiger partial charge < -0.3 is 5.32 Å². The van der Waals surface area contributed by atoms with Gasteiger partial charge in [-0.15, -0.1) is 0 Å². The molecule has 2 aromatic rings. The van der Waals surface area contributed by atoms with E-state index in [1.807, 2.05) is 24.3 Å². The Kier molecular flexibility index (Phi) is 5.66. The summed E-state index contributed by atoms with van der Waals surface area (Å²) in [7, 11) is 0. The highest BCUT2D eigenvalue weighted by molar-refractivity contribution is 6.30. The second-order valence-corrected chi connectivity index (χ2v) is 6.68. The van der Waals surface area contributed by atoms with Crippen LogP contribution in [0.4, 0.5) is 8.78 Å². The zero-order valence-corrected chi connectivity index (χ0v) is 14.4. The van der Waals surface area contributed by atoms with Crippen LogP contribution in [0.3, 0.4) is 0 Å². The van der Waals surface area contributed by atoms with E-state index in [2.05, 4.69) is 10.2 Å². The first-order valence-corrected chi connectivity index (χ1v) is 8.62. The minimum Gasteiger partial charge on any atom is -0.349 e. The number of rotatable bonds is 4. The lowest BCUT2D eigenvalue weighted by atomic mass is 10.0. The van der Waals surface area contributed by atoms with Crippen molar-refractivity contribution in [1.29, 1.82) is 0 Å². The van der Waals surface area contributed by atoms with Crippen molar-refractivity contribution in [3.8, 4) is 0 Å². The molecule has 0 unspecified atom stereocenters. The van der Waals surface area contributed by atoms with Gasteiger partial charge in [-0.1, -0.05) is 29.8 Å². The normalized spacial score (nSPS) is 16.0. The fourth-order valence-corrected chi connectivity index (χ4v) is 3.18. The van der Waals surface area contributed by atoms with Gasteiger partial charge in [-0.05, 0) is 42.7 Å². The molecule has 2 aromatic carbocycles. The number of halogens is 3. The summed E-state index contributed by atoms with van der Waals surface area (Å²) in [5.41, 5.74) is 0.673. The molecule has 6 heteroatoms. The SMILES string of the molecule is O=C(NC1CCN(Cc2ccc(Cl)cc2)CC1)c1c(F)cccc1F. The van der Waals surface area contributed by atoms with Gasteiger partial charge in [0.1, 0.15) is 17.2 Å². The van der Waals surface area contributed by atoms with Crippen molar-refractivity contribution < 1.29 is 13.6 Å². The Bertz CT molecular complexity index is 723.